The minimum atomic E-state index is -0.915. The molecular weight excluding hydrogens is 350 g/mol. The Hall–Kier alpha value is -2.12. The number of aliphatic carboxylic acids is 1. The Labute approximate surface area is 159 Å². The van der Waals surface area contributed by atoms with Gasteiger partial charge < -0.3 is 15.3 Å². The predicted octanol–water partition coefficient (Wildman–Crippen LogP) is 1.59. The molecule has 2 aliphatic heterocycles. The van der Waals surface area contributed by atoms with Crippen LogP contribution in [0.5, 0.6) is 0 Å². The number of carboxylic acids is 1. The molecule has 1 spiro atoms. The highest BCUT2D eigenvalue weighted by Gasteiger charge is 2.53. The average Bonchev–Trinajstić information content (AvgIpc) is 2.86. The lowest BCUT2D eigenvalue weighted by molar-refractivity contribution is -0.150. The molecular formula is C19H29N3O5. The van der Waals surface area contributed by atoms with Crippen molar-refractivity contribution in [2.45, 2.75) is 70.4 Å². The third kappa shape index (κ3) is 3.53. The molecule has 0 unspecified atom stereocenters. The van der Waals surface area contributed by atoms with Crippen LogP contribution >= 0.6 is 0 Å². The van der Waals surface area contributed by atoms with Gasteiger partial charge in [-0.25, -0.2) is 4.79 Å². The van der Waals surface area contributed by atoms with Crippen molar-refractivity contribution >= 4 is 23.8 Å². The van der Waals surface area contributed by atoms with E-state index in [1.165, 1.54) is 4.90 Å². The third-order valence-electron chi connectivity index (χ3n) is 6.70. The Kier molecular flexibility index (Phi) is 5.44. The normalized spacial score (nSPS) is 34.1. The van der Waals surface area contributed by atoms with E-state index in [2.05, 4.69) is 12.2 Å². The summed E-state index contributed by atoms with van der Waals surface area (Å²) in [6.07, 6.45) is 5.23. The highest BCUT2D eigenvalue weighted by atomic mass is 16.4. The first-order chi connectivity index (χ1) is 12.8. The Bertz CT molecular complexity index is 641. The second kappa shape index (κ2) is 7.48. The van der Waals surface area contributed by atoms with E-state index in [0.29, 0.717) is 38.1 Å². The molecule has 1 aliphatic carbocycles. The number of carbonyl (C=O) groups is 4. The molecule has 2 atom stereocenters. The monoisotopic (exact) mass is 379 g/mol. The first-order valence-electron chi connectivity index (χ1n) is 9.95. The molecule has 2 heterocycles. The number of carboxylic acid groups (broad SMARTS) is 1. The SMILES string of the molecule is CCC1CCC2(CC1)NC(=O)N(CC(=O)N1CCC[C@H](C(=O)O)[C@@H]1C)C2=O. The van der Waals surface area contributed by atoms with E-state index in [-0.39, 0.29) is 18.4 Å². The third-order valence-corrected chi connectivity index (χ3v) is 6.70. The number of urea groups is 1. The van der Waals surface area contributed by atoms with E-state index in [1.54, 1.807) is 6.92 Å². The number of rotatable bonds is 4. The standard InChI is InChI=1S/C19H29N3O5/c1-3-13-6-8-19(9-7-13)17(26)22(18(27)20-19)11-15(23)21-10-4-5-14(12(21)2)16(24)25/h12-14H,3-11H2,1-2H3,(H,20,27)(H,24,25)/t12-,13?,14-,19?/m0/s1. The molecule has 3 rings (SSSR count). The molecule has 27 heavy (non-hydrogen) atoms. The van der Waals surface area contributed by atoms with Gasteiger partial charge >= 0.3 is 12.0 Å². The van der Waals surface area contributed by atoms with Gasteiger partial charge in [-0.2, -0.15) is 0 Å². The molecule has 2 saturated heterocycles. The van der Waals surface area contributed by atoms with Crippen molar-refractivity contribution in [2.75, 3.05) is 13.1 Å². The van der Waals surface area contributed by atoms with Crippen molar-refractivity contribution < 1.29 is 24.3 Å². The number of hydrogen-bond donors (Lipinski definition) is 2. The Balaban J connectivity index is 1.67. The van der Waals surface area contributed by atoms with Crippen LogP contribution in [-0.4, -0.2) is 63.4 Å². The molecule has 150 valence electrons. The van der Waals surface area contributed by atoms with Crippen molar-refractivity contribution in [2.24, 2.45) is 11.8 Å². The van der Waals surface area contributed by atoms with Crippen LogP contribution in [0.3, 0.4) is 0 Å². The van der Waals surface area contributed by atoms with Crippen LogP contribution in [0.25, 0.3) is 0 Å². The fraction of sp³-hybridized carbons (Fsp3) is 0.789. The maximum Gasteiger partial charge on any atom is 0.325 e. The van der Waals surface area contributed by atoms with Gasteiger partial charge in [0.25, 0.3) is 5.91 Å². The predicted molar refractivity (Wildman–Crippen MR) is 96.8 cm³/mol. The van der Waals surface area contributed by atoms with Gasteiger partial charge in [-0.1, -0.05) is 13.3 Å². The van der Waals surface area contributed by atoms with Crippen molar-refractivity contribution in [3.8, 4) is 0 Å². The first-order valence-corrected chi connectivity index (χ1v) is 9.95. The zero-order valence-electron chi connectivity index (χ0n) is 16.1. The van der Waals surface area contributed by atoms with E-state index < -0.39 is 29.5 Å². The smallest absolute Gasteiger partial charge is 0.325 e. The van der Waals surface area contributed by atoms with Crippen LogP contribution in [0.2, 0.25) is 0 Å². The van der Waals surface area contributed by atoms with Crippen LogP contribution in [0.15, 0.2) is 0 Å². The van der Waals surface area contributed by atoms with Gasteiger partial charge in [0.2, 0.25) is 5.91 Å². The molecule has 2 N–H and O–H groups in total. The van der Waals surface area contributed by atoms with E-state index in [0.717, 1.165) is 24.2 Å². The molecule has 8 nitrogen and oxygen atoms in total. The molecule has 4 amide bonds. The van der Waals surface area contributed by atoms with Crippen molar-refractivity contribution in [3.05, 3.63) is 0 Å². The Morgan fingerprint density at radius 2 is 1.89 bits per heavy atom. The second-order valence-corrected chi connectivity index (χ2v) is 8.17. The van der Waals surface area contributed by atoms with Crippen LogP contribution in [0, 0.1) is 11.8 Å². The number of carbonyl (C=O) groups excluding carboxylic acids is 3. The number of likely N-dealkylation sites (tertiary alicyclic amines) is 1. The number of nitrogens with zero attached hydrogens (tertiary/aromatic N) is 2. The van der Waals surface area contributed by atoms with Gasteiger partial charge in [0.05, 0.1) is 5.92 Å². The fourth-order valence-electron chi connectivity index (χ4n) is 4.79. The summed E-state index contributed by atoms with van der Waals surface area (Å²) in [7, 11) is 0. The summed E-state index contributed by atoms with van der Waals surface area (Å²) in [5.41, 5.74) is -0.861. The number of imide groups is 1. The fourth-order valence-corrected chi connectivity index (χ4v) is 4.79. The summed E-state index contributed by atoms with van der Waals surface area (Å²) in [5, 5.41) is 12.2. The molecule has 0 aromatic carbocycles. The number of nitrogens with one attached hydrogen (secondary N) is 1. The average molecular weight is 379 g/mol. The molecule has 0 aromatic rings. The lowest BCUT2D eigenvalue weighted by Gasteiger charge is -2.38. The Morgan fingerprint density at radius 1 is 1.22 bits per heavy atom. The molecule has 1 saturated carbocycles. The summed E-state index contributed by atoms with van der Waals surface area (Å²) in [6.45, 7) is 3.99. The minimum absolute atomic E-state index is 0.310. The van der Waals surface area contributed by atoms with Gasteiger partial charge in [0.15, 0.2) is 0 Å². The lowest BCUT2D eigenvalue weighted by atomic mass is 9.75. The van der Waals surface area contributed by atoms with E-state index >= 15 is 0 Å². The molecule has 0 radical (unpaired) electrons. The maximum atomic E-state index is 12.9. The summed E-state index contributed by atoms with van der Waals surface area (Å²) in [4.78, 5) is 52.0. The van der Waals surface area contributed by atoms with Crippen molar-refractivity contribution in [3.63, 3.8) is 0 Å². The summed E-state index contributed by atoms with van der Waals surface area (Å²) >= 11 is 0. The molecule has 0 aromatic heterocycles. The van der Waals surface area contributed by atoms with Crippen LogP contribution in [-0.2, 0) is 14.4 Å². The quantitative estimate of drug-likeness (QED) is 0.722. The van der Waals surface area contributed by atoms with E-state index in [4.69, 9.17) is 0 Å². The van der Waals surface area contributed by atoms with Crippen molar-refractivity contribution in [1.82, 2.24) is 15.1 Å². The second-order valence-electron chi connectivity index (χ2n) is 8.17. The molecule has 0 bridgehead atoms. The largest absolute Gasteiger partial charge is 0.481 e. The molecule has 3 aliphatic rings. The number of amides is 4. The summed E-state index contributed by atoms with van der Waals surface area (Å²) in [6, 6.07) is -0.957. The summed E-state index contributed by atoms with van der Waals surface area (Å²) < 4.78 is 0. The van der Waals surface area contributed by atoms with Crippen molar-refractivity contribution in [1.29, 1.82) is 0 Å². The van der Waals surface area contributed by atoms with Gasteiger partial charge in [-0.3, -0.25) is 19.3 Å². The first kappa shape index (κ1) is 19.6. The summed E-state index contributed by atoms with van der Waals surface area (Å²) in [5.74, 6) is -1.62. The molecule has 3 fully saturated rings. The van der Waals surface area contributed by atoms with Gasteiger partial charge in [0.1, 0.15) is 12.1 Å². The minimum Gasteiger partial charge on any atom is -0.481 e. The lowest BCUT2D eigenvalue weighted by Crippen LogP contribution is -2.53. The van der Waals surface area contributed by atoms with Gasteiger partial charge in [0, 0.05) is 12.6 Å². The van der Waals surface area contributed by atoms with Gasteiger partial charge in [-0.05, 0) is 51.4 Å². The highest BCUT2D eigenvalue weighted by molar-refractivity contribution is 6.09. The van der Waals surface area contributed by atoms with Crippen LogP contribution < -0.4 is 5.32 Å². The van der Waals surface area contributed by atoms with E-state index in [9.17, 15) is 24.3 Å². The van der Waals surface area contributed by atoms with Crippen LogP contribution in [0.4, 0.5) is 4.79 Å². The zero-order chi connectivity index (χ0) is 19.8. The Morgan fingerprint density at radius 3 is 2.48 bits per heavy atom. The number of piperidine rings is 1. The zero-order valence-corrected chi connectivity index (χ0v) is 16.1. The number of hydrogen-bond acceptors (Lipinski definition) is 4. The van der Waals surface area contributed by atoms with E-state index in [1.807, 2.05) is 0 Å². The topological polar surface area (TPSA) is 107 Å². The maximum absolute atomic E-state index is 12.9. The van der Waals surface area contributed by atoms with Crippen LogP contribution in [0.1, 0.15) is 58.8 Å². The highest BCUT2D eigenvalue weighted by Crippen LogP contribution is 2.37. The van der Waals surface area contributed by atoms with Gasteiger partial charge in [-0.15, -0.1) is 0 Å². The molecule has 8 heteroatoms.